The average Bonchev–Trinajstić information content (AvgIpc) is 2.95. The molecule has 1 saturated carbocycles. The van der Waals surface area contributed by atoms with Gasteiger partial charge in [0, 0.05) is 18.3 Å². The monoisotopic (exact) mass is 194 g/mol. The van der Waals surface area contributed by atoms with E-state index in [2.05, 4.69) is 12.0 Å². The second kappa shape index (κ2) is 3.39. The third-order valence-electron chi connectivity index (χ3n) is 3.25. The lowest BCUT2D eigenvalue weighted by molar-refractivity contribution is 0.00882. The van der Waals surface area contributed by atoms with Crippen LogP contribution in [0.5, 0.6) is 0 Å². The Morgan fingerprint density at radius 1 is 1.57 bits per heavy atom. The summed E-state index contributed by atoms with van der Waals surface area (Å²) in [6.45, 7) is 4.96. The molecule has 0 aromatic carbocycles. The van der Waals surface area contributed by atoms with E-state index < -0.39 is 5.60 Å². The Kier molecular flexibility index (Phi) is 2.35. The van der Waals surface area contributed by atoms with Gasteiger partial charge < -0.3 is 5.11 Å². The lowest BCUT2D eigenvalue weighted by Gasteiger charge is -2.25. The Bertz CT molecular complexity index is 317. The first kappa shape index (κ1) is 9.71. The molecule has 1 aliphatic carbocycles. The zero-order chi connectivity index (χ0) is 10.2. The topological polar surface area (TPSA) is 38.0 Å². The fourth-order valence-corrected chi connectivity index (χ4v) is 2.05. The quantitative estimate of drug-likeness (QED) is 0.795. The number of aryl methyl sites for hydroxylation is 1. The standard InChI is InChI=1S/C11H18N2O/c1-3-11(14,9-5-6-9)10-7-12-13(4-2)8-10/h7-9,14H,3-6H2,1-2H3. The number of aromatic nitrogens is 2. The first-order chi connectivity index (χ1) is 6.70. The zero-order valence-electron chi connectivity index (χ0n) is 8.90. The maximum Gasteiger partial charge on any atom is 0.0952 e. The Hall–Kier alpha value is -0.830. The predicted molar refractivity (Wildman–Crippen MR) is 54.8 cm³/mol. The van der Waals surface area contributed by atoms with Crippen molar-refractivity contribution in [2.45, 2.75) is 45.3 Å². The largest absolute Gasteiger partial charge is 0.385 e. The van der Waals surface area contributed by atoms with Crippen LogP contribution < -0.4 is 0 Å². The van der Waals surface area contributed by atoms with Crippen LogP contribution in [0, 0.1) is 5.92 Å². The molecule has 0 radical (unpaired) electrons. The van der Waals surface area contributed by atoms with Gasteiger partial charge in [0.25, 0.3) is 0 Å². The molecule has 78 valence electrons. The summed E-state index contributed by atoms with van der Waals surface area (Å²) in [5.41, 5.74) is 0.373. The second-order valence-electron chi connectivity index (χ2n) is 4.14. The van der Waals surface area contributed by atoms with E-state index in [0.29, 0.717) is 5.92 Å². The number of aliphatic hydroxyl groups is 1. The maximum atomic E-state index is 10.5. The van der Waals surface area contributed by atoms with E-state index in [1.807, 2.05) is 24.0 Å². The van der Waals surface area contributed by atoms with Crippen LogP contribution in [0.3, 0.4) is 0 Å². The molecule has 14 heavy (non-hydrogen) atoms. The first-order valence-corrected chi connectivity index (χ1v) is 5.46. The number of hydrogen-bond donors (Lipinski definition) is 1. The van der Waals surface area contributed by atoms with E-state index in [9.17, 15) is 5.11 Å². The molecule has 0 amide bonds. The molecule has 1 atom stereocenters. The molecule has 1 aliphatic rings. The van der Waals surface area contributed by atoms with Crippen LogP contribution in [0.4, 0.5) is 0 Å². The molecule has 1 aromatic heterocycles. The van der Waals surface area contributed by atoms with Crippen LogP contribution >= 0.6 is 0 Å². The molecule has 1 N–H and O–H groups in total. The molecule has 1 heterocycles. The molecule has 0 saturated heterocycles. The van der Waals surface area contributed by atoms with Gasteiger partial charge >= 0.3 is 0 Å². The third-order valence-corrected chi connectivity index (χ3v) is 3.25. The molecule has 1 fully saturated rings. The van der Waals surface area contributed by atoms with Crippen molar-refractivity contribution < 1.29 is 5.11 Å². The Morgan fingerprint density at radius 3 is 2.71 bits per heavy atom. The van der Waals surface area contributed by atoms with Crippen molar-refractivity contribution in [3.05, 3.63) is 18.0 Å². The van der Waals surface area contributed by atoms with Crippen molar-refractivity contribution in [3.8, 4) is 0 Å². The third kappa shape index (κ3) is 1.46. The molecule has 1 unspecified atom stereocenters. The number of nitrogens with zero attached hydrogens (tertiary/aromatic N) is 2. The minimum Gasteiger partial charge on any atom is -0.385 e. The van der Waals surface area contributed by atoms with Gasteiger partial charge in [0.1, 0.15) is 0 Å². The van der Waals surface area contributed by atoms with Crippen molar-refractivity contribution in [1.29, 1.82) is 0 Å². The summed E-state index contributed by atoms with van der Waals surface area (Å²) in [6, 6.07) is 0. The summed E-state index contributed by atoms with van der Waals surface area (Å²) in [5.74, 6) is 0.460. The first-order valence-electron chi connectivity index (χ1n) is 5.46. The molecule has 3 nitrogen and oxygen atoms in total. The highest BCUT2D eigenvalue weighted by atomic mass is 16.3. The minimum atomic E-state index is -0.618. The van der Waals surface area contributed by atoms with E-state index >= 15 is 0 Å². The Morgan fingerprint density at radius 2 is 2.29 bits per heavy atom. The van der Waals surface area contributed by atoms with Crippen molar-refractivity contribution >= 4 is 0 Å². The average molecular weight is 194 g/mol. The highest BCUT2D eigenvalue weighted by molar-refractivity contribution is 5.19. The number of rotatable bonds is 4. The van der Waals surface area contributed by atoms with Crippen molar-refractivity contribution in [2.75, 3.05) is 0 Å². The maximum absolute atomic E-state index is 10.5. The van der Waals surface area contributed by atoms with Crippen molar-refractivity contribution in [2.24, 2.45) is 5.92 Å². The Labute approximate surface area is 84.7 Å². The van der Waals surface area contributed by atoms with E-state index in [0.717, 1.165) is 31.4 Å². The summed E-state index contributed by atoms with van der Waals surface area (Å²) in [4.78, 5) is 0. The lowest BCUT2D eigenvalue weighted by Crippen LogP contribution is -2.26. The molecule has 3 heteroatoms. The fraction of sp³-hybridized carbons (Fsp3) is 0.727. The van der Waals surface area contributed by atoms with Gasteiger partial charge in [-0.3, -0.25) is 4.68 Å². The second-order valence-corrected chi connectivity index (χ2v) is 4.14. The molecule has 0 aliphatic heterocycles. The molecule has 2 rings (SSSR count). The van der Waals surface area contributed by atoms with Crippen LogP contribution in [-0.2, 0) is 12.1 Å². The lowest BCUT2D eigenvalue weighted by atomic mass is 9.89. The molecule has 0 bridgehead atoms. The van der Waals surface area contributed by atoms with Crippen LogP contribution in [0.1, 0.15) is 38.7 Å². The summed E-state index contributed by atoms with van der Waals surface area (Å²) < 4.78 is 1.87. The van der Waals surface area contributed by atoms with Gasteiger partial charge in [-0.25, -0.2) is 0 Å². The summed E-state index contributed by atoms with van der Waals surface area (Å²) in [6.07, 6.45) is 6.88. The highest BCUT2D eigenvalue weighted by Crippen LogP contribution is 2.47. The molecular formula is C11H18N2O. The van der Waals surface area contributed by atoms with E-state index in [4.69, 9.17) is 0 Å². The van der Waals surface area contributed by atoms with Gasteiger partial charge in [0.15, 0.2) is 0 Å². The van der Waals surface area contributed by atoms with Gasteiger partial charge in [-0.2, -0.15) is 5.10 Å². The SMILES string of the molecule is CCn1cc(C(O)(CC)C2CC2)cn1. The van der Waals surface area contributed by atoms with Crippen molar-refractivity contribution in [1.82, 2.24) is 9.78 Å². The van der Waals surface area contributed by atoms with Gasteiger partial charge in [-0.15, -0.1) is 0 Å². The summed E-state index contributed by atoms with van der Waals surface area (Å²) in [7, 11) is 0. The summed E-state index contributed by atoms with van der Waals surface area (Å²) in [5, 5.41) is 14.7. The van der Waals surface area contributed by atoms with Gasteiger partial charge in [-0.05, 0) is 32.1 Å². The van der Waals surface area contributed by atoms with Crippen molar-refractivity contribution in [3.63, 3.8) is 0 Å². The normalized spacial score (nSPS) is 20.8. The zero-order valence-corrected chi connectivity index (χ0v) is 8.90. The molecule has 1 aromatic rings. The van der Waals surface area contributed by atoms with Crippen LogP contribution in [0.15, 0.2) is 12.4 Å². The van der Waals surface area contributed by atoms with Gasteiger partial charge in [0.05, 0.1) is 11.8 Å². The highest BCUT2D eigenvalue weighted by Gasteiger charge is 2.44. The van der Waals surface area contributed by atoms with E-state index in [-0.39, 0.29) is 0 Å². The number of hydrogen-bond acceptors (Lipinski definition) is 2. The predicted octanol–water partition coefficient (Wildman–Crippen LogP) is 1.91. The van der Waals surface area contributed by atoms with Crippen LogP contribution in [-0.4, -0.2) is 14.9 Å². The summed E-state index contributed by atoms with van der Waals surface area (Å²) >= 11 is 0. The van der Waals surface area contributed by atoms with Crippen LogP contribution in [0.25, 0.3) is 0 Å². The van der Waals surface area contributed by atoms with E-state index in [1.165, 1.54) is 0 Å². The van der Waals surface area contributed by atoms with Gasteiger partial charge in [0.2, 0.25) is 0 Å². The van der Waals surface area contributed by atoms with Gasteiger partial charge in [-0.1, -0.05) is 6.92 Å². The Balaban J connectivity index is 2.26. The fourth-order valence-electron chi connectivity index (χ4n) is 2.05. The van der Waals surface area contributed by atoms with E-state index in [1.54, 1.807) is 0 Å². The molecule has 0 spiro atoms. The molecular weight excluding hydrogens is 176 g/mol. The smallest absolute Gasteiger partial charge is 0.0952 e. The minimum absolute atomic E-state index is 0.460. The van der Waals surface area contributed by atoms with Crippen LogP contribution in [0.2, 0.25) is 0 Å².